The van der Waals surface area contributed by atoms with E-state index in [0.717, 1.165) is 17.7 Å². The molecule has 2 aromatic heterocycles. The summed E-state index contributed by atoms with van der Waals surface area (Å²) in [7, 11) is 0. The van der Waals surface area contributed by atoms with E-state index in [4.69, 9.17) is 4.42 Å². The topological polar surface area (TPSA) is 68.3 Å². The first-order chi connectivity index (χ1) is 13.4. The van der Waals surface area contributed by atoms with E-state index >= 15 is 0 Å². The van der Waals surface area contributed by atoms with Gasteiger partial charge in [-0.05, 0) is 37.8 Å². The fraction of sp³-hybridized carbons (Fsp3) is 0.409. The number of aryl methyl sites for hydroxylation is 2. The molecule has 6 nitrogen and oxygen atoms in total. The number of anilines is 1. The van der Waals surface area contributed by atoms with Crippen LogP contribution in [0.15, 0.2) is 39.8 Å². The van der Waals surface area contributed by atoms with Gasteiger partial charge in [0.25, 0.3) is 11.5 Å². The molecular formula is C22H27N3O3. The highest BCUT2D eigenvalue weighted by Gasteiger charge is 2.27. The number of rotatable bonds is 6. The predicted octanol–water partition coefficient (Wildman–Crippen LogP) is 4.18. The van der Waals surface area contributed by atoms with Gasteiger partial charge >= 0.3 is 0 Å². The van der Waals surface area contributed by atoms with Crippen LogP contribution in [-0.2, 0) is 13.0 Å². The van der Waals surface area contributed by atoms with Crippen LogP contribution < -0.4 is 10.5 Å². The highest BCUT2D eigenvalue weighted by atomic mass is 16.3. The van der Waals surface area contributed by atoms with Crippen LogP contribution in [0.3, 0.4) is 0 Å². The number of para-hydroxylation sites is 1. The van der Waals surface area contributed by atoms with Crippen LogP contribution in [0.2, 0.25) is 0 Å². The maximum Gasteiger partial charge on any atom is 0.265 e. The monoisotopic (exact) mass is 381 g/mol. The Bertz CT molecular complexity index is 1060. The van der Waals surface area contributed by atoms with Gasteiger partial charge in [0.1, 0.15) is 17.5 Å². The number of fused-ring (bicyclic) bond motifs is 1. The first-order valence-corrected chi connectivity index (χ1v) is 9.77. The second kappa shape index (κ2) is 8.00. The second-order valence-corrected chi connectivity index (χ2v) is 7.34. The number of aromatic nitrogens is 2. The van der Waals surface area contributed by atoms with Crippen LogP contribution >= 0.6 is 0 Å². The minimum atomic E-state index is -0.237. The van der Waals surface area contributed by atoms with Crippen molar-refractivity contribution in [1.29, 1.82) is 0 Å². The third-order valence-corrected chi connectivity index (χ3v) is 4.86. The van der Waals surface area contributed by atoms with E-state index in [2.05, 4.69) is 11.9 Å². The third-order valence-electron chi connectivity index (χ3n) is 4.86. The number of hydrogen-bond acceptors (Lipinski definition) is 4. The Labute approximate surface area is 164 Å². The number of hydrogen-bond donors (Lipinski definition) is 0. The molecule has 3 rings (SSSR count). The summed E-state index contributed by atoms with van der Waals surface area (Å²) in [4.78, 5) is 32.6. The van der Waals surface area contributed by atoms with E-state index in [1.807, 2.05) is 45.0 Å². The number of carbonyl (C=O) groups excluding carboxylic acids is 1. The van der Waals surface area contributed by atoms with Crippen molar-refractivity contribution in [2.75, 3.05) is 11.4 Å². The van der Waals surface area contributed by atoms with Gasteiger partial charge in [0.15, 0.2) is 0 Å². The maximum absolute atomic E-state index is 13.5. The summed E-state index contributed by atoms with van der Waals surface area (Å²) >= 11 is 0. The standard InChI is InChI=1S/C22H27N3O3/c1-6-16-10-8-9-11-17(16)25(7-2)22(27)18-15(5)28-20-19(18)21(26)24(13-23-20)12-14(3)4/h8-11,13-14H,6-7,12H2,1-5H3. The zero-order valence-electron chi connectivity index (χ0n) is 17.2. The molecule has 6 heteroatoms. The Kier molecular flexibility index (Phi) is 5.68. The molecule has 2 heterocycles. The lowest BCUT2D eigenvalue weighted by Crippen LogP contribution is -2.33. The van der Waals surface area contributed by atoms with Crippen LogP contribution in [-0.4, -0.2) is 22.0 Å². The average molecular weight is 381 g/mol. The molecule has 0 saturated carbocycles. The molecule has 0 aliphatic heterocycles. The summed E-state index contributed by atoms with van der Waals surface area (Å²) in [5.41, 5.74) is 2.22. The maximum atomic E-state index is 13.5. The molecule has 0 saturated heterocycles. The lowest BCUT2D eigenvalue weighted by molar-refractivity contribution is 0.0988. The second-order valence-electron chi connectivity index (χ2n) is 7.34. The molecule has 148 valence electrons. The van der Waals surface area contributed by atoms with E-state index in [-0.39, 0.29) is 28.5 Å². The van der Waals surface area contributed by atoms with Gasteiger partial charge in [0.2, 0.25) is 5.71 Å². The summed E-state index contributed by atoms with van der Waals surface area (Å²) in [5.74, 6) is 0.466. The van der Waals surface area contributed by atoms with Crippen molar-refractivity contribution in [1.82, 2.24) is 9.55 Å². The van der Waals surface area contributed by atoms with Crippen LogP contribution in [0.4, 0.5) is 5.69 Å². The molecule has 0 unspecified atom stereocenters. The number of amides is 1. The van der Waals surface area contributed by atoms with Gasteiger partial charge in [-0.2, -0.15) is 0 Å². The molecule has 1 amide bonds. The van der Waals surface area contributed by atoms with E-state index in [0.29, 0.717) is 24.4 Å². The number of nitrogens with zero attached hydrogens (tertiary/aromatic N) is 3. The number of carbonyl (C=O) groups is 1. The molecule has 0 fully saturated rings. The molecule has 0 spiro atoms. The highest BCUT2D eigenvalue weighted by Crippen LogP contribution is 2.27. The zero-order valence-corrected chi connectivity index (χ0v) is 17.2. The normalized spacial score (nSPS) is 11.4. The fourth-order valence-electron chi connectivity index (χ4n) is 3.55. The lowest BCUT2D eigenvalue weighted by Gasteiger charge is -2.23. The molecule has 0 aliphatic carbocycles. The van der Waals surface area contributed by atoms with Gasteiger partial charge < -0.3 is 9.32 Å². The van der Waals surface area contributed by atoms with Crippen molar-refractivity contribution in [2.24, 2.45) is 5.92 Å². The predicted molar refractivity (Wildman–Crippen MR) is 111 cm³/mol. The minimum Gasteiger partial charge on any atom is -0.442 e. The first kappa shape index (κ1) is 19.9. The Morgan fingerprint density at radius 3 is 2.61 bits per heavy atom. The summed E-state index contributed by atoms with van der Waals surface area (Å²) in [6.07, 6.45) is 2.31. The van der Waals surface area contributed by atoms with Gasteiger partial charge in [0.05, 0.1) is 5.56 Å². The SMILES string of the molecule is CCc1ccccc1N(CC)C(=O)c1c(C)oc2ncn(CC(C)C)c(=O)c12. The molecule has 0 radical (unpaired) electrons. The molecular weight excluding hydrogens is 354 g/mol. The summed E-state index contributed by atoms with van der Waals surface area (Å²) in [6.45, 7) is 10.8. The van der Waals surface area contributed by atoms with Crippen LogP contribution in [0.5, 0.6) is 0 Å². The number of furan rings is 1. The van der Waals surface area contributed by atoms with Crippen molar-refractivity contribution in [2.45, 2.75) is 47.6 Å². The lowest BCUT2D eigenvalue weighted by atomic mass is 10.1. The Hall–Kier alpha value is -2.89. The van der Waals surface area contributed by atoms with Gasteiger partial charge in [-0.3, -0.25) is 14.2 Å². The molecule has 0 aliphatic rings. The van der Waals surface area contributed by atoms with Gasteiger partial charge in [-0.15, -0.1) is 0 Å². The van der Waals surface area contributed by atoms with Gasteiger partial charge in [0, 0.05) is 18.8 Å². The molecule has 0 N–H and O–H groups in total. The fourth-order valence-corrected chi connectivity index (χ4v) is 3.55. The van der Waals surface area contributed by atoms with E-state index in [1.54, 1.807) is 16.4 Å². The smallest absolute Gasteiger partial charge is 0.265 e. The highest BCUT2D eigenvalue weighted by molar-refractivity contribution is 6.14. The Balaban J connectivity index is 2.17. The Morgan fingerprint density at radius 2 is 1.96 bits per heavy atom. The summed E-state index contributed by atoms with van der Waals surface area (Å²) in [6, 6.07) is 7.84. The van der Waals surface area contributed by atoms with Crippen LogP contribution in [0.1, 0.15) is 49.4 Å². The van der Waals surface area contributed by atoms with E-state index < -0.39 is 0 Å². The van der Waals surface area contributed by atoms with Crippen molar-refractivity contribution in [3.05, 3.63) is 57.8 Å². The third kappa shape index (κ3) is 3.46. The van der Waals surface area contributed by atoms with Crippen molar-refractivity contribution < 1.29 is 9.21 Å². The van der Waals surface area contributed by atoms with Crippen LogP contribution in [0, 0.1) is 12.8 Å². The van der Waals surface area contributed by atoms with Gasteiger partial charge in [-0.1, -0.05) is 39.0 Å². The number of benzene rings is 1. The Morgan fingerprint density at radius 1 is 1.25 bits per heavy atom. The van der Waals surface area contributed by atoms with Crippen molar-refractivity contribution >= 4 is 22.7 Å². The molecule has 0 bridgehead atoms. The van der Waals surface area contributed by atoms with Crippen molar-refractivity contribution in [3.8, 4) is 0 Å². The molecule has 3 aromatic rings. The largest absolute Gasteiger partial charge is 0.442 e. The van der Waals surface area contributed by atoms with E-state index in [1.165, 1.54) is 6.33 Å². The molecule has 28 heavy (non-hydrogen) atoms. The quantitative estimate of drug-likeness (QED) is 0.642. The zero-order chi connectivity index (χ0) is 20.4. The first-order valence-electron chi connectivity index (χ1n) is 9.77. The average Bonchev–Trinajstić information content (AvgIpc) is 3.01. The van der Waals surface area contributed by atoms with Crippen molar-refractivity contribution in [3.63, 3.8) is 0 Å². The minimum absolute atomic E-state index is 0.214. The van der Waals surface area contributed by atoms with E-state index in [9.17, 15) is 9.59 Å². The summed E-state index contributed by atoms with van der Waals surface area (Å²) in [5, 5.41) is 0.262. The molecule has 1 aromatic carbocycles. The van der Waals surface area contributed by atoms with Crippen LogP contribution in [0.25, 0.3) is 11.1 Å². The molecule has 0 atom stereocenters. The van der Waals surface area contributed by atoms with Gasteiger partial charge in [-0.25, -0.2) is 4.98 Å². The summed E-state index contributed by atoms with van der Waals surface area (Å²) < 4.78 is 7.23.